The fourth-order valence-electron chi connectivity index (χ4n) is 2.80. The van der Waals surface area contributed by atoms with Crippen LogP contribution in [0.1, 0.15) is 35.9 Å². The summed E-state index contributed by atoms with van der Waals surface area (Å²) in [5.41, 5.74) is 0.772. The first-order valence-electron chi connectivity index (χ1n) is 9.73. The summed E-state index contributed by atoms with van der Waals surface area (Å²) in [6, 6.07) is 8.04. The molecule has 168 valence electrons. The van der Waals surface area contributed by atoms with Crippen LogP contribution >= 0.6 is 23.4 Å². The van der Waals surface area contributed by atoms with Crippen molar-refractivity contribution in [3.05, 3.63) is 51.6 Å². The summed E-state index contributed by atoms with van der Waals surface area (Å²) in [7, 11) is 1.26. The van der Waals surface area contributed by atoms with Crippen LogP contribution in [-0.2, 0) is 19.1 Å². The number of methoxy groups -OCH3 is 1. The van der Waals surface area contributed by atoms with E-state index in [1.54, 1.807) is 24.3 Å². The summed E-state index contributed by atoms with van der Waals surface area (Å²) in [5, 5.41) is -0.310. The summed E-state index contributed by atoms with van der Waals surface area (Å²) >= 11 is 6.76. The van der Waals surface area contributed by atoms with Crippen LogP contribution in [-0.4, -0.2) is 48.2 Å². The van der Waals surface area contributed by atoms with Gasteiger partial charge in [-0.2, -0.15) is 0 Å². The molecule has 8 nitrogen and oxygen atoms in total. The van der Waals surface area contributed by atoms with Crippen molar-refractivity contribution in [3.8, 4) is 11.3 Å². The molecule has 2 amide bonds. The Kier molecular flexibility index (Phi) is 7.76. The minimum atomic E-state index is -0.633. The van der Waals surface area contributed by atoms with Crippen LogP contribution < -0.4 is 0 Å². The molecule has 0 spiro atoms. The maximum absolute atomic E-state index is 12.6. The first-order valence-corrected chi connectivity index (χ1v) is 10.9. The van der Waals surface area contributed by atoms with Crippen molar-refractivity contribution in [3.63, 3.8) is 0 Å². The maximum atomic E-state index is 12.6. The molecule has 1 aromatic heterocycles. The lowest BCUT2D eigenvalue weighted by atomic mass is 10.1. The van der Waals surface area contributed by atoms with Crippen LogP contribution in [0.25, 0.3) is 17.4 Å². The van der Waals surface area contributed by atoms with Gasteiger partial charge in [0, 0.05) is 11.6 Å². The largest absolute Gasteiger partial charge is 0.465 e. The number of esters is 2. The standard InChI is InChI=1S/C22H20ClNO7S/c1-3-4-9-30-19(25)12-24-20(26)18(32-22(24)28)11-14-6-8-17(31-14)13-5-7-16(23)15(10-13)21(27)29-2/h5-8,10-11H,3-4,9,12H2,1-2H3/b18-11+. The lowest BCUT2D eigenvalue weighted by molar-refractivity contribution is -0.146. The van der Waals surface area contributed by atoms with Crippen LogP contribution in [0.2, 0.25) is 5.02 Å². The van der Waals surface area contributed by atoms with Crippen LogP contribution in [0.3, 0.4) is 0 Å². The summed E-state index contributed by atoms with van der Waals surface area (Å²) in [6.45, 7) is 1.77. The molecule has 0 bridgehead atoms. The predicted molar refractivity (Wildman–Crippen MR) is 119 cm³/mol. The third kappa shape index (κ3) is 5.41. The molecular weight excluding hydrogens is 458 g/mol. The minimum absolute atomic E-state index is 0.128. The lowest BCUT2D eigenvalue weighted by Gasteiger charge is -2.11. The van der Waals surface area contributed by atoms with E-state index in [2.05, 4.69) is 0 Å². The van der Waals surface area contributed by atoms with E-state index in [9.17, 15) is 19.2 Å². The van der Waals surface area contributed by atoms with Crippen LogP contribution in [0.4, 0.5) is 4.79 Å². The van der Waals surface area contributed by atoms with Crippen molar-refractivity contribution in [2.75, 3.05) is 20.3 Å². The molecule has 32 heavy (non-hydrogen) atoms. The number of nitrogens with zero attached hydrogens (tertiary/aromatic N) is 1. The number of benzene rings is 1. The van der Waals surface area contributed by atoms with Gasteiger partial charge >= 0.3 is 11.9 Å². The molecule has 1 aliphatic rings. The number of hydrogen-bond donors (Lipinski definition) is 0. The highest BCUT2D eigenvalue weighted by Crippen LogP contribution is 2.34. The molecule has 2 aromatic rings. The normalized spacial score (nSPS) is 14.8. The Hall–Kier alpha value is -3.04. The van der Waals surface area contributed by atoms with Crippen molar-refractivity contribution in [1.29, 1.82) is 0 Å². The number of furan rings is 1. The first-order chi connectivity index (χ1) is 15.3. The Morgan fingerprint density at radius 2 is 2.00 bits per heavy atom. The van der Waals surface area contributed by atoms with Gasteiger partial charge in [-0.3, -0.25) is 19.3 Å². The molecule has 1 fully saturated rings. The lowest BCUT2D eigenvalue weighted by Crippen LogP contribution is -2.34. The van der Waals surface area contributed by atoms with Crippen LogP contribution in [0.15, 0.2) is 39.7 Å². The van der Waals surface area contributed by atoms with Crippen molar-refractivity contribution in [1.82, 2.24) is 4.90 Å². The molecule has 0 aliphatic carbocycles. The Balaban J connectivity index is 1.74. The van der Waals surface area contributed by atoms with Gasteiger partial charge in [0.25, 0.3) is 11.1 Å². The van der Waals surface area contributed by atoms with Crippen molar-refractivity contribution in [2.24, 2.45) is 0 Å². The molecule has 0 radical (unpaired) electrons. The molecule has 1 aliphatic heterocycles. The van der Waals surface area contributed by atoms with Crippen LogP contribution in [0.5, 0.6) is 0 Å². The third-order valence-electron chi connectivity index (χ3n) is 4.48. The fourth-order valence-corrected chi connectivity index (χ4v) is 3.81. The van der Waals surface area contributed by atoms with Gasteiger partial charge < -0.3 is 13.9 Å². The smallest absolute Gasteiger partial charge is 0.339 e. The topological polar surface area (TPSA) is 103 Å². The number of carbonyl (C=O) groups is 4. The molecule has 2 heterocycles. The maximum Gasteiger partial charge on any atom is 0.339 e. The number of rotatable bonds is 8. The Morgan fingerprint density at radius 1 is 1.22 bits per heavy atom. The van der Waals surface area contributed by atoms with E-state index in [4.69, 9.17) is 25.5 Å². The van der Waals surface area contributed by atoms with Gasteiger partial charge in [0.05, 0.1) is 29.2 Å². The van der Waals surface area contributed by atoms with Crippen molar-refractivity contribution >= 4 is 52.5 Å². The number of unbranched alkanes of at least 4 members (excludes halogenated alkanes) is 1. The highest BCUT2D eigenvalue weighted by atomic mass is 35.5. The molecule has 0 atom stereocenters. The van der Waals surface area contributed by atoms with E-state index in [0.29, 0.717) is 35.3 Å². The molecule has 0 N–H and O–H groups in total. The number of thioether (sulfide) groups is 1. The second-order valence-corrected chi connectivity index (χ2v) is 8.13. The van der Waals surface area contributed by atoms with Gasteiger partial charge in [0.15, 0.2) is 0 Å². The number of carbonyl (C=O) groups excluding carboxylic acids is 4. The molecule has 0 saturated carbocycles. The average Bonchev–Trinajstić information content (AvgIpc) is 3.34. The zero-order valence-electron chi connectivity index (χ0n) is 17.4. The molecule has 0 unspecified atom stereocenters. The molecule has 1 aromatic carbocycles. The number of amides is 2. The number of halogens is 1. The average molecular weight is 478 g/mol. The number of hydrogen-bond acceptors (Lipinski definition) is 8. The Morgan fingerprint density at radius 3 is 2.72 bits per heavy atom. The predicted octanol–water partition coefficient (Wildman–Crippen LogP) is 4.77. The third-order valence-corrected chi connectivity index (χ3v) is 5.72. The van der Waals surface area contributed by atoms with E-state index >= 15 is 0 Å². The molecule has 3 rings (SSSR count). The van der Waals surface area contributed by atoms with Gasteiger partial charge in [-0.25, -0.2) is 4.79 Å². The monoisotopic (exact) mass is 477 g/mol. The van der Waals surface area contributed by atoms with Crippen LogP contribution in [0, 0.1) is 0 Å². The Bertz CT molecular complexity index is 1090. The molecule has 10 heteroatoms. The summed E-state index contributed by atoms with van der Waals surface area (Å²) in [5.74, 6) is -1.05. The summed E-state index contributed by atoms with van der Waals surface area (Å²) in [6.07, 6.45) is 3.00. The molecular formula is C22H20ClNO7S. The minimum Gasteiger partial charge on any atom is -0.465 e. The van der Waals surface area contributed by atoms with E-state index in [1.165, 1.54) is 19.3 Å². The fraction of sp³-hybridized carbons (Fsp3) is 0.273. The van der Waals surface area contributed by atoms with Gasteiger partial charge in [-0.15, -0.1) is 0 Å². The second kappa shape index (κ2) is 10.5. The quantitative estimate of drug-likeness (QED) is 0.304. The molecule has 1 saturated heterocycles. The highest BCUT2D eigenvalue weighted by molar-refractivity contribution is 8.18. The highest BCUT2D eigenvalue weighted by Gasteiger charge is 2.37. The number of ether oxygens (including phenoxy) is 2. The zero-order chi connectivity index (χ0) is 23.3. The van der Waals surface area contributed by atoms with Gasteiger partial charge in [-0.1, -0.05) is 24.9 Å². The van der Waals surface area contributed by atoms with E-state index in [1.807, 2.05) is 6.92 Å². The Labute approximate surface area is 193 Å². The van der Waals surface area contributed by atoms with E-state index in [0.717, 1.165) is 11.3 Å². The van der Waals surface area contributed by atoms with Gasteiger partial charge in [0.2, 0.25) is 0 Å². The SMILES string of the molecule is CCCCOC(=O)CN1C(=O)S/C(=C/c2ccc(-c3ccc(Cl)c(C(=O)OC)c3)o2)C1=O. The zero-order valence-corrected chi connectivity index (χ0v) is 19.0. The second-order valence-electron chi connectivity index (χ2n) is 6.73. The van der Waals surface area contributed by atoms with Crippen molar-refractivity contribution in [2.45, 2.75) is 19.8 Å². The summed E-state index contributed by atoms with van der Waals surface area (Å²) < 4.78 is 15.5. The van der Waals surface area contributed by atoms with Gasteiger partial charge in [0.1, 0.15) is 18.1 Å². The number of imide groups is 1. The summed E-state index contributed by atoms with van der Waals surface area (Å²) in [4.78, 5) is 49.4. The van der Waals surface area contributed by atoms with E-state index < -0.39 is 29.6 Å². The van der Waals surface area contributed by atoms with Gasteiger partial charge in [-0.05, 0) is 48.5 Å². The van der Waals surface area contributed by atoms with Crippen molar-refractivity contribution < 1.29 is 33.1 Å². The van der Waals surface area contributed by atoms with E-state index in [-0.39, 0.29) is 22.1 Å². The first kappa shape index (κ1) is 23.6.